The standard InChI is InChI=1S/C15H15N6PS/c23-22(19-13-5-3-8-16-11-13,20-14-6-4-9-17-12-14)21-15-7-1-2-10-18-15/h1-12H,(H3,18,19,20,21,23). The van der Waals surface area contributed by atoms with Crippen molar-refractivity contribution in [1.29, 1.82) is 0 Å². The molecule has 0 aliphatic heterocycles. The highest BCUT2D eigenvalue weighted by Crippen LogP contribution is 2.45. The Morgan fingerprint density at radius 3 is 1.87 bits per heavy atom. The van der Waals surface area contributed by atoms with E-state index in [0.717, 1.165) is 11.4 Å². The number of hydrogen-bond acceptors (Lipinski definition) is 4. The van der Waals surface area contributed by atoms with Gasteiger partial charge >= 0.3 is 0 Å². The van der Waals surface area contributed by atoms with E-state index in [2.05, 4.69) is 30.2 Å². The first-order valence-electron chi connectivity index (χ1n) is 6.89. The van der Waals surface area contributed by atoms with E-state index >= 15 is 0 Å². The van der Waals surface area contributed by atoms with Crippen molar-refractivity contribution in [3.05, 3.63) is 73.4 Å². The molecule has 0 aliphatic rings. The maximum atomic E-state index is 5.83. The lowest BCUT2D eigenvalue weighted by Crippen LogP contribution is -2.14. The van der Waals surface area contributed by atoms with Crippen LogP contribution in [0.2, 0.25) is 0 Å². The monoisotopic (exact) mass is 342 g/mol. The van der Waals surface area contributed by atoms with Gasteiger partial charge in [0.1, 0.15) is 5.82 Å². The van der Waals surface area contributed by atoms with Crippen LogP contribution in [-0.4, -0.2) is 15.0 Å². The molecule has 6 nitrogen and oxygen atoms in total. The van der Waals surface area contributed by atoms with E-state index in [-0.39, 0.29) is 0 Å². The maximum Gasteiger partial charge on any atom is 0.212 e. The van der Waals surface area contributed by atoms with Crippen LogP contribution in [0.15, 0.2) is 73.4 Å². The Kier molecular flexibility index (Phi) is 4.80. The molecule has 0 aliphatic carbocycles. The number of rotatable bonds is 6. The predicted molar refractivity (Wildman–Crippen MR) is 97.9 cm³/mol. The molecular formula is C15H15N6PS. The van der Waals surface area contributed by atoms with Gasteiger partial charge in [-0.15, -0.1) is 0 Å². The Balaban J connectivity index is 1.87. The third kappa shape index (κ3) is 4.48. The first-order valence-corrected chi connectivity index (χ1v) is 9.70. The minimum absolute atomic E-state index is 0.698. The number of pyridine rings is 3. The lowest BCUT2D eigenvalue weighted by Gasteiger charge is -2.27. The smallest absolute Gasteiger partial charge is 0.212 e. The molecule has 3 rings (SSSR count). The van der Waals surface area contributed by atoms with Gasteiger partial charge in [-0.3, -0.25) is 9.97 Å². The van der Waals surface area contributed by atoms with Gasteiger partial charge in [-0.1, -0.05) is 6.07 Å². The van der Waals surface area contributed by atoms with Crippen molar-refractivity contribution < 1.29 is 0 Å². The van der Waals surface area contributed by atoms with E-state index in [0.29, 0.717) is 5.82 Å². The molecular weight excluding hydrogens is 327 g/mol. The number of nitrogens with one attached hydrogen (secondary N) is 3. The largest absolute Gasteiger partial charge is 0.325 e. The fourth-order valence-corrected chi connectivity index (χ4v) is 4.42. The van der Waals surface area contributed by atoms with Gasteiger partial charge in [0.05, 0.1) is 23.8 Å². The molecule has 3 aromatic rings. The lowest BCUT2D eigenvalue weighted by molar-refractivity contribution is 1.32. The number of aromatic nitrogens is 3. The maximum absolute atomic E-state index is 5.83. The second kappa shape index (κ2) is 7.17. The summed E-state index contributed by atoms with van der Waals surface area (Å²) in [6.07, 6.45) is 8.61. The summed E-state index contributed by atoms with van der Waals surface area (Å²) in [5, 5.41) is 9.94. The quantitative estimate of drug-likeness (QED) is 0.589. The normalized spacial score (nSPS) is 10.8. The van der Waals surface area contributed by atoms with Crippen LogP contribution in [0.25, 0.3) is 0 Å². The number of anilines is 3. The Hall–Kier alpha value is -2.50. The van der Waals surface area contributed by atoms with Crippen LogP contribution < -0.4 is 15.3 Å². The van der Waals surface area contributed by atoms with Gasteiger partial charge in [-0.25, -0.2) is 4.98 Å². The molecule has 0 aromatic carbocycles. The molecule has 0 radical (unpaired) electrons. The lowest BCUT2D eigenvalue weighted by atomic mass is 10.4. The van der Waals surface area contributed by atoms with Crippen LogP contribution in [0.5, 0.6) is 0 Å². The summed E-state index contributed by atoms with van der Waals surface area (Å²) < 4.78 is 0. The van der Waals surface area contributed by atoms with Crippen molar-refractivity contribution in [2.75, 3.05) is 15.3 Å². The van der Waals surface area contributed by atoms with Crippen LogP contribution in [0.4, 0.5) is 17.2 Å². The molecule has 0 saturated carbocycles. The predicted octanol–water partition coefficient (Wildman–Crippen LogP) is 3.73. The molecule has 0 atom stereocenters. The zero-order valence-electron chi connectivity index (χ0n) is 12.1. The summed E-state index contributed by atoms with van der Waals surface area (Å²) in [7, 11) is 0. The van der Waals surface area contributed by atoms with Gasteiger partial charge in [-0.05, 0) is 48.2 Å². The molecule has 8 heteroatoms. The molecule has 3 aromatic heterocycles. The topological polar surface area (TPSA) is 74.8 Å². The average molecular weight is 342 g/mol. The van der Waals surface area contributed by atoms with E-state index in [9.17, 15) is 0 Å². The van der Waals surface area contributed by atoms with Crippen molar-refractivity contribution in [1.82, 2.24) is 15.0 Å². The molecule has 0 fully saturated rings. The van der Waals surface area contributed by atoms with Crippen molar-refractivity contribution in [3.63, 3.8) is 0 Å². The summed E-state index contributed by atoms with van der Waals surface area (Å²) in [6, 6.07) is 13.2. The Morgan fingerprint density at radius 2 is 1.39 bits per heavy atom. The second-order valence-electron chi connectivity index (χ2n) is 4.64. The highest BCUT2D eigenvalue weighted by Gasteiger charge is 2.18. The van der Waals surface area contributed by atoms with Gasteiger partial charge in [-0.2, -0.15) is 0 Å². The Labute approximate surface area is 139 Å². The zero-order chi connectivity index (χ0) is 16.0. The highest BCUT2D eigenvalue weighted by atomic mass is 32.4. The fourth-order valence-electron chi connectivity index (χ4n) is 1.90. The van der Waals surface area contributed by atoms with E-state index in [1.54, 1.807) is 31.0 Å². The Morgan fingerprint density at radius 1 is 0.739 bits per heavy atom. The van der Waals surface area contributed by atoms with E-state index in [4.69, 9.17) is 11.8 Å². The summed E-state index contributed by atoms with van der Waals surface area (Å²) in [6.45, 7) is -2.44. The molecule has 3 heterocycles. The van der Waals surface area contributed by atoms with Crippen LogP contribution >= 0.6 is 6.49 Å². The van der Waals surface area contributed by atoms with E-state index in [1.165, 1.54) is 0 Å². The third-order valence-electron chi connectivity index (χ3n) is 2.83. The van der Waals surface area contributed by atoms with E-state index < -0.39 is 6.49 Å². The SMILES string of the molecule is S=P(Nc1cccnc1)(Nc1cccnc1)Nc1ccccn1. The van der Waals surface area contributed by atoms with Crippen LogP contribution in [0.1, 0.15) is 0 Å². The third-order valence-corrected chi connectivity index (χ3v) is 5.34. The van der Waals surface area contributed by atoms with E-state index in [1.807, 2.05) is 42.5 Å². The first-order chi connectivity index (χ1) is 11.2. The van der Waals surface area contributed by atoms with Gasteiger partial charge in [0, 0.05) is 18.6 Å². The summed E-state index contributed by atoms with van der Waals surface area (Å²) in [5.74, 6) is 0.698. The highest BCUT2D eigenvalue weighted by molar-refractivity contribution is 8.16. The minimum atomic E-state index is -2.44. The summed E-state index contributed by atoms with van der Waals surface area (Å²) in [4.78, 5) is 12.5. The summed E-state index contributed by atoms with van der Waals surface area (Å²) in [5.41, 5.74) is 1.66. The zero-order valence-corrected chi connectivity index (χ0v) is 13.8. The van der Waals surface area contributed by atoms with Crippen LogP contribution in [0, 0.1) is 0 Å². The number of nitrogens with zero attached hydrogens (tertiary/aromatic N) is 3. The molecule has 0 spiro atoms. The molecule has 0 saturated heterocycles. The molecule has 116 valence electrons. The fraction of sp³-hybridized carbons (Fsp3) is 0. The minimum Gasteiger partial charge on any atom is -0.325 e. The van der Waals surface area contributed by atoms with Crippen molar-refractivity contribution in [2.45, 2.75) is 0 Å². The van der Waals surface area contributed by atoms with Gasteiger partial charge < -0.3 is 15.3 Å². The van der Waals surface area contributed by atoms with Crippen molar-refractivity contribution in [2.24, 2.45) is 0 Å². The van der Waals surface area contributed by atoms with Crippen molar-refractivity contribution >= 4 is 35.5 Å². The van der Waals surface area contributed by atoms with Gasteiger partial charge in [0.2, 0.25) is 6.49 Å². The molecule has 0 bridgehead atoms. The average Bonchev–Trinajstić information content (AvgIpc) is 2.57. The molecule has 3 N–H and O–H groups in total. The molecule has 23 heavy (non-hydrogen) atoms. The van der Waals surface area contributed by atoms with Crippen molar-refractivity contribution in [3.8, 4) is 0 Å². The van der Waals surface area contributed by atoms with Gasteiger partial charge in [0.25, 0.3) is 0 Å². The summed E-state index contributed by atoms with van der Waals surface area (Å²) >= 11 is 5.83. The Bertz CT molecular complexity index is 677. The first kappa shape index (κ1) is 15.4. The van der Waals surface area contributed by atoms with Crippen LogP contribution in [-0.2, 0) is 11.8 Å². The van der Waals surface area contributed by atoms with Gasteiger partial charge in [0.15, 0.2) is 0 Å². The number of hydrogen-bond donors (Lipinski definition) is 3. The molecule has 0 unspecified atom stereocenters. The van der Waals surface area contributed by atoms with Crippen LogP contribution in [0.3, 0.4) is 0 Å². The molecule has 0 amide bonds. The second-order valence-corrected chi connectivity index (χ2v) is 8.18.